The average Bonchev–Trinajstić information content (AvgIpc) is 3.25. The van der Waals surface area contributed by atoms with Crippen molar-refractivity contribution in [3.05, 3.63) is 90.3 Å². The minimum absolute atomic E-state index is 0.398. The van der Waals surface area contributed by atoms with Gasteiger partial charge in [0.25, 0.3) is 11.8 Å². The molecule has 136 valence electrons. The monoisotopic (exact) mass is 361 g/mol. The number of carbonyl (C=O) groups excluding carboxylic acids is 2. The second-order valence-corrected chi connectivity index (χ2v) is 5.66. The van der Waals surface area contributed by atoms with Gasteiger partial charge in [-0.3, -0.25) is 20.4 Å². The summed E-state index contributed by atoms with van der Waals surface area (Å²) in [5.74, 6) is -0.0895. The number of nitrogens with one attached hydrogen (secondary N) is 2. The topological polar surface area (TPSA) is 72.4 Å². The molecule has 6 heteroatoms. The van der Waals surface area contributed by atoms with Crippen molar-refractivity contribution in [1.29, 1.82) is 0 Å². The lowest BCUT2D eigenvalue weighted by atomic mass is 10.1. The number of aromatic nitrogens is 1. The lowest BCUT2D eigenvalue weighted by Gasteiger charge is -2.11. The van der Waals surface area contributed by atoms with Crippen molar-refractivity contribution >= 4 is 17.9 Å². The van der Waals surface area contributed by atoms with E-state index < -0.39 is 11.8 Å². The molecule has 0 saturated carbocycles. The van der Waals surface area contributed by atoms with Crippen molar-refractivity contribution in [3.63, 3.8) is 0 Å². The molecule has 0 fully saturated rings. The first-order chi connectivity index (χ1) is 13.2. The summed E-state index contributed by atoms with van der Waals surface area (Å²) in [5, 5.41) is 0. The Hall–Kier alpha value is -3.80. The molecule has 2 aromatic carbocycles. The van der Waals surface area contributed by atoms with Crippen LogP contribution in [0, 0.1) is 0 Å². The number of benzene rings is 2. The quantitative estimate of drug-likeness (QED) is 0.542. The SMILES string of the molecule is COc1ccc(/C=C/C(=O)NNC(=O)c2ccccc2-n2cccc2)cc1. The Kier molecular flexibility index (Phi) is 5.69. The van der Waals surface area contributed by atoms with Crippen LogP contribution in [0.1, 0.15) is 15.9 Å². The molecular formula is C21H19N3O3. The second-order valence-electron chi connectivity index (χ2n) is 5.66. The van der Waals surface area contributed by atoms with Crippen LogP contribution in [0.25, 0.3) is 11.8 Å². The minimum Gasteiger partial charge on any atom is -0.497 e. The zero-order chi connectivity index (χ0) is 19.1. The van der Waals surface area contributed by atoms with Gasteiger partial charge in [0.1, 0.15) is 5.75 Å². The van der Waals surface area contributed by atoms with Gasteiger partial charge in [0.2, 0.25) is 0 Å². The highest BCUT2D eigenvalue weighted by atomic mass is 16.5. The van der Waals surface area contributed by atoms with E-state index in [1.54, 1.807) is 37.5 Å². The van der Waals surface area contributed by atoms with Gasteiger partial charge in [0.15, 0.2) is 0 Å². The molecular weight excluding hydrogens is 342 g/mol. The Morgan fingerprint density at radius 1 is 0.926 bits per heavy atom. The summed E-state index contributed by atoms with van der Waals surface area (Å²) in [6.07, 6.45) is 6.69. The van der Waals surface area contributed by atoms with Crippen LogP contribution in [0.5, 0.6) is 5.75 Å². The van der Waals surface area contributed by atoms with Gasteiger partial charge in [0.05, 0.1) is 18.4 Å². The normalized spacial score (nSPS) is 10.6. The maximum Gasteiger partial charge on any atom is 0.271 e. The molecule has 0 unspecified atom stereocenters. The van der Waals surface area contributed by atoms with Crippen molar-refractivity contribution in [1.82, 2.24) is 15.4 Å². The van der Waals surface area contributed by atoms with Gasteiger partial charge in [-0.1, -0.05) is 24.3 Å². The molecule has 2 amide bonds. The van der Waals surface area contributed by atoms with Gasteiger partial charge in [0, 0.05) is 18.5 Å². The number of hydrogen-bond donors (Lipinski definition) is 2. The highest BCUT2D eigenvalue weighted by Crippen LogP contribution is 2.14. The molecule has 0 aliphatic heterocycles. The van der Waals surface area contributed by atoms with Gasteiger partial charge < -0.3 is 9.30 Å². The van der Waals surface area contributed by atoms with Crippen molar-refractivity contribution in [2.24, 2.45) is 0 Å². The summed E-state index contributed by atoms with van der Waals surface area (Å²) >= 11 is 0. The smallest absolute Gasteiger partial charge is 0.271 e. The van der Waals surface area contributed by atoms with Crippen LogP contribution in [-0.2, 0) is 4.79 Å². The number of nitrogens with zero attached hydrogens (tertiary/aromatic N) is 1. The number of amides is 2. The fourth-order valence-corrected chi connectivity index (χ4v) is 2.50. The van der Waals surface area contributed by atoms with E-state index in [9.17, 15) is 9.59 Å². The van der Waals surface area contributed by atoms with Crippen molar-refractivity contribution in [2.75, 3.05) is 7.11 Å². The molecule has 1 heterocycles. The predicted octanol–water partition coefficient (Wildman–Crippen LogP) is 2.96. The van der Waals surface area contributed by atoms with E-state index in [1.165, 1.54) is 6.08 Å². The third-order valence-corrected chi connectivity index (χ3v) is 3.87. The van der Waals surface area contributed by atoms with Crippen LogP contribution in [-0.4, -0.2) is 23.5 Å². The molecule has 0 saturated heterocycles. The predicted molar refractivity (Wildman–Crippen MR) is 103 cm³/mol. The Morgan fingerprint density at radius 3 is 2.33 bits per heavy atom. The lowest BCUT2D eigenvalue weighted by molar-refractivity contribution is -0.117. The Morgan fingerprint density at radius 2 is 1.63 bits per heavy atom. The second kappa shape index (κ2) is 8.53. The molecule has 0 aliphatic rings. The van der Waals surface area contributed by atoms with Gasteiger partial charge in [-0.2, -0.15) is 0 Å². The van der Waals surface area contributed by atoms with Crippen molar-refractivity contribution in [2.45, 2.75) is 0 Å². The summed E-state index contributed by atoms with van der Waals surface area (Å²) in [6, 6.07) is 18.2. The first-order valence-electron chi connectivity index (χ1n) is 8.32. The van der Waals surface area contributed by atoms with Crippen LogP contribution >= 0.6 is 0 Å². The molecule has 3 aromatic rings. The molecule has 1 aromatic heterocycles. The van der Waals surface area contributed by atoms with Crippen LogP contribution in [0.4, 0.5) is 0 Å². The minimum atomic E-state index is -0.433. The molecule has 6 nitrogen and oxygen atoms in total. The van der Waals surface area contributed by atoms with Gasteiger partial charge in [-0.25, -0.2) is 0 Å². The number of hydrogen-bond acceptors (Lipinski definition) is 3. The van der Waals surface area contributed by atoms with E-state index in [0.717, 1.165) is 17.0 Å². The fourth-order valence-electron chi connectivity index (χ4n) is 2.50. The van der Waals surface area contributed by atoms with Gasteiger partial charge in [-0.15, -0.1) is 0 Å². The fraction of sp³-hybridized carbons (Fsp3) is 0.0476. The maximum absolute atomic E-state index is 12.4. The number of methoxy groups -OCH3 is 1. The number of rotatable bonds is 5. The number of carbonyl (C=O) groups is 2. The van der Waals surface area contributed by atoms with Crippen LogP contribution in [0.2, 0.25) is 0 Å². The molecule has 0 aliphatic carbocycles. The van der Waals surface area contributed by atoms with Crippen LogP contribution < -0.4 is 15.6 Å². The Labute approximate surface area is 157 Å². The number of ether oxygens (including phenoxy) is 1. The largest absolute Gasteiger partial charge is 0.497 e. The van der Waals surface area contributed by atoms with E-state index in [0.29, 0.717) is 5.56 Å². The van der Waals surface area contributed by atoms with E-state index in [4.69, 9.17) is 4.74 Å². The molecule has 0 radical (unpaired) electrons. The van der Waals surface area contributed by atoms with Crippen LogP contribution in [0.3, 0.4) is 0 Å². The molecule has 0 bridgehead atoms. The Balaban J connectivity index is 1.60. The first kappa shape index (κ1) is 18.0. The average molecular weight is 361 g/mol. The molecule has 27 heavy (non-hydrogen) atoms. The zero-order valence-corrected chi connectivity index (χ0v) is 14.8. The summed E-state index contributed by atoms with van der Waals surface area (Å²) in [7, 11) is 1.59. The molecule has 0 atom stereocenters. The first-order valence-corrected chi connectivity index (χ1v) is 8.32. The third-order valence-electron chi connectivity index (χ3n) is 3.87. The van der Waals surface area contributed by atoms with Crippen molar-refractivity contribution < 1.29 is 14.3 Å². The van der Waals surface area contributed by atoms with Gasteiger partial charge in [-0.05, 0) is 48.0 Å². The van der Waals surface area contributed by atoms with Crippen LogP contribution in [0.15, 0.2) is 79.1 Å². The van der Waals surface area contributed by atoms with Crippen molar-refractivity contribution in [3.8, 4) is 11.4 Å². The van der Waals surface area contributed by atoms with E-state index in [-0.39, 0.29) is 0 Å². The third kappa shape index (κ3) is 4.64. The maximum atomic E-state index is 12.4. The number of para-hydroxylation sites is 1. The lowest BCUT2D eigenvalue weighted by Crippen LogP contribution is -2.41. The van der Waals surface area contributed by atoms with E-state index in [2.05, 4.69) is 10.9 Å². The standard InChI is InChI=1S/C21H19N3O3/c1-27-17-11-8-16(9-12-17)10-13-20(25)22-23-21(26)18-6-2-3-7-19(18)24-14-4-5-15-24/h2-15H,1H3,(H,22,25)(H,23,26)/b13-10+. The number of hydrazine groups is 1. The van der Waals surface area contributed by atoms with E-state index >= 15 is 0 Å². The van der Waals surface area contributed by atoms with Gasteiger partial charge >= 0.3 is 0 Å². The molecule has 2 N–H and O–H groups in total. The molecule has 3 rings (SSSR count). The molecule has 0 spiro atoms. The van der Waals surface area contributed by atoms with E-state index in [1.807, 2.05) is 53.4 Å². The zero-order valence-electron chi connectivity index (χ0n) is 14.8. The summed E-state index contributed by atoms with van der Waals surface area (Å²) in [4.78, 5) is 24.4. The summed E-state index contributed by atoms with van der Waals surface area (Å²) in [5.41, 5.74) is 6.84. The highest BCUT2D eigenvalue weighted by Gasteiger charge is 2.12. The summed E-state index contributed by atoms with van der Waals surface area (Å²) in [6.45, 7) is 0. The Bertz CT molecular complexity index is 945. The highest BCUT2D eigenvalue weighted by molar-refractivity contribution is 6.00. The summed E-state index contributed by atoms with van der Waals surface area (Å²) < 4.78 is 6.92.